The Morgan fingerprint density at radius 1 is 1.62 bits per heavy atom. The van der Waals surface area contributed by atoms with Crippen LogP contribution in [0.4, 0.5) is 0 Å². The van der Waals surface area contributed by atoms with Crippen LogP contribution in [0.2, 0.25) is 0 Å². The van der Waals surface area contributed by atoms with Crippen molar-refractivity contribution in [2.24, 2.45) is 16.8 Å². The molecule has 2 rings (SSSR count). The van der Waals surface area contributed by atoms with Crippen molar-refractivity contribution < 1.29 is 0 Å². The minimum atomic E-state index is -0.443. The lowest BCUT2D eigenvalue weighted by atomic mass is 10.4. The molecule has 0 radical (unpaired) electrons. The zero-order chi connectivity index (χ0) is 5.78. The van der Waals surface area contributed by atoms with Gasteiger partial charge in [0.2, 0.25) is 0 Å². The Hall–Kier alpha value is 0.250. The molecule has 1 aliphatic heterocycles. The number of aliphatic imine (C=N–C) groups is 1. The molecule has 0 aromatic carbocycles. The topological polar surface area (TPSA) is 12.4 Å². The zero-order valence-corrected chi connectivity index (χ0v) is 5.65. The highest BCUT2D eigenvalue weighted by Gasteiger charge is 2.64. The summed E-state index contributed by atoms with van der Waals surface area (Å²) in [5.41, 5.74) is 0. The lowest BCUT2D eigenvalue weighted by Gasteiger charge is -1.94. The maximum absolute atomic E-state index is 5.78. The summed E-state index contributed by atoms with van der Waals surface area (Å²) in [5, 5.41) is 0. The standard InChI is InChI=1S/C5H5Cl2N/c6-5(7)3-1-8-2-4(3)5/h1,3-4H,2H2/t3-,4+/m1/s1. The lowest BCUT2D eigenvalue weighted by molar-refractivity contribution is 0.852. The van der Waals surface area contributed by atoms with Gasteiger partial charge in [0.25, 0.3) is 0 Å². The van der Waals surface area contributed by atoms with Gasteiger partial charge in [0.15, 0.2) is 0 Å². The molecular formula is C5H5Cl2N. The summed E-state index contributed by atoms with van der Waals surface area (Å²) in [5.74, 6) is 0.802. The molecular weight excluding hydrogens is 145 g/mol. The highest BCUT2D eigenvalue weighted by Crippen LogP contribution is 2.60. The van der Waals surface area contributed by atoms with Gasteiger partial charge >= 0.3 is 0 Å². The Balaban J connectivity index is 2.24. The molecule has 1 heterocycles. The number of fused-ring (bicyclic) bond motifs is 1. The Morgan fingerprint density at radius 2 is 2.38 bits per heavy atom. The SMILES string of the molecule is ClC1(Cl)[C@@H]2C=NC[C@@H]21. The first-order valence-corrected chi connectivity index (χ1v) is 3.36. The number of hydrogen-bond donors (Lipinski definition) is 0. The highest BCUT2D eigenvalue weighted by atomic mass is 35.5. The maximum atomic E-state index is 5.78. The van der Waals surface area contributed by atoms with Crippen LogP contribution < -0.4 is 0 Å². The third kappa shape index (κ3) is 0.420. The summed E-state index contributed by atoms with van der Waals surface area (Å²) in [4.78, 5) is 4.02. The molecule has 0 saturated heterocycles. The predicted octanol–water partition coefficient (Wildman–Crippen LogP) is 1.49. The normalized spacial score (nSPS) is 46.8. The molecule has 1 aliphatic carbocycles. The van der Waals surface area contributed by atoms with E-state index >= 15 is 0 Å². The maximum Gasteiger partial charge on any atom is 0.131 e. The molecule has 0 amide bonds. The van der Waals surface area contributed by atoms with Gasteiger partial charge in [-0.15, -0.1) is 23.2 Å². The molecule has 1 fully saturated rings. The number of hydrogen-bond acceptors (Lipinski definition) is 1. The largest absolute Gasteiger partial charge is 0.297 e. The minimum Gasteiger partial charge on any atom is -0.297 e. The van der Waals surface area contributed by atoms with Crippen LogP contribution in [0.3, 0.4) is 0 Å². The van der Waals surface area contributed by atoms with E-state index in [4.69, 9.17) is 23.2 Å². The van der Waals surface area contributed by atoms with Crippen LogP contribution in [0.5, 0.6) is 0 Å². The van der Waals surface area contributed by atoms with Crippen molar-refractivity contribution in [1.29, 1.82) is 0 Å². The van der Waals surface area contributed by atoms with Crippen molar-refractivity contribution in [3.8, 4) is 0 Å². The minimum absolute atomic E-state index is 0.367. The second kappa shape index (κ2) is 1.22. The molecule has 1 nitrogen and oxygen atoms in total. The Morgan fingerprint density at radius 3 is 2.62 bits per heavy atom. The molecule has 3 heteroatoms. The van der Waals surface area contributed by atoms with E-state index < -0.39 is 4.33 Å². The zero-order valence-electron chi connectivity index (χ0n) is 4.14. The molecule has 0 spiro atoms. The van der Waals surface area contributed by atoms with Gasteiger partial charge in [0.1, 0.15) is 4.33 Å². The van der Waals surface area contributed by atoms with Crippen molar-refractivity contribution in [2.45, 2.75) is 4.33 Å². The van der Waals surface area contributed by atoms with Crippen LogP contribution in [-0.4, -0.2) is 17.1 Å². The van der Waals surface area contributed by atoms with Crippen molar-refractivity contribution in [3.05, 3.63) is 0 Å². The van der Waals surface area contributed by atoms with Crippen LogP contribution in [0.1, 0.15) is 0 Å². The molecule has 0 aromatic heterocycles. The molecule has 2 atom stereocenters. The summed E-state index contributed by atoms with van der Waals surface area (Å²) in [6, 6.07) is 0. The van der Waals surface area contributed by atoms with Crippen LogP contribution in [-0.2, 0) is 0 Å². The van der Waals surface area contributed by atoms with E-state index in [1.807, 2.05) is 6.21 Å². The van der Waals surface area contributed by atoms with Gasteiger partial charge in [-0.2, -0.15) is 0 Å². The van der Waals surface area contributed by atoms with E-state index in [1.54, 1.807) is 0 Å². The van der Waals surface area contributed by atoms with Gasteiger partial charge in [-0.25, -0.2) is 0 Å². The molecule has 0 N–H and O–H groups in total. The Kier molecular flexibility index (Phi) is 0.771. The molecule has 2 aliphatic rings. The smallest absolute Gasteiger partial charge is 0.131 e. The van der Waals surface area contributed by atoms with Gasteiger partial charge in [0, 0.05) is 24.6 Å². The van der Waals surface area contributed by atoms with Gasteiger partial charge in [-0.1, -0.05) is 0 Å². The number of halogens is 2. The van der Waals surface area contributed by atoms with E-state index in [1.165, 1.54) is 0 Å². The summed E-state index contributed by atoms with van der Waals surface area (Å²) in [6.07, 6.45) is 1.87. The van der Waals surface area contributed by atoms with Crippen molar-refractivity contribution in [1.82, 2.24) is 0 Å². The summed E-state index contributed by atoms with van der Waals surface area (Å²) in [6.45, 7) is 0.831. The van der Waals surface area contributed by atoms with Gasteiger partial charge < -0.3 is 0 Å². The predicted molar refractivity (Wildman–Crippen MR) is 34.8 cm³/mol. The molecule has 0 bridgehead atoms. The third-order valence-corrected chi connectivity index (χ3v) is 2.90. The molecule has 0 unspecified atom stereocenters. The lowest BCUT2D eigenvalue weighted by Crippen LogP contribution is -1.96. The van der Waals surface area contributed by atoms with E-state index in [9.17, 15) is 0 Å². The number of rotatable bonds is 0. The molecule has 44 valence electrons. The summed E-state index contributed by atoms with van der Waals surface area (Å²) >= 11 is 11.6. The second-order valence-corrected chi connectivity index (χ2v) is 3.77. The van der Waals surface area contributed by atoms with E-state index in [2.05, 4.69) is 4.99 Å². The van der Waals surface area contributed by atoms with Crippen molar-refractivity contribution in [3.63, 3.8) is 0 Å². The van der Waals surface area contributed by atoms with Crippen LogP contribution in [0.25, 0.3) is 0 Å². The van der Waals surface area contributed by atoms with Gasteiger partial charge in [-0.05, 0) is 0 Å². The number of nitrogens with zero attached hydrogens (tertiary/aromatic N) is 1. The van der Waals surface area contributed by atoms with Crippen LogP contribution >= 0.6 is 23.2 Å². The van der Waals surface area contributed by atoms with E-state index in [0.29, 0.717) is 11.8 Å². The van der Waals surface area contributed by atoms with Crippen LogP contribution in [0.15, 0.2) is 4.99 Å². The first-order valence-electron chi connectivity index (χ1n) is 2.60. The molecule has 0 aromatic rings. The van der Waals surface area contributed by atoms with E-state index in [0.717, 1.165) is 6.54 Å². The van der Waals surface area contributed by atoms with E-state index in [-0.39, 0.29) is 0 Å². The quantitative estimate of drug-likeness (QED) is 0.464. The first kappa shape index (κ1) is 5.07. The molecule has 1 saturated carbocycles. The first-order chi connectivity index (χ1) is 3.73. The average molecular weight is 150 g/mol. The van der Waals surface area contributed by atoms with Gasteiger partial charge in [0.05, 0.1) is 0 Å². The Labute approximate surface area is 57.7 Å². The number of alkyl halides is 2. The van der Waals surface area contributed by atoms with Gasteiger partial charge in [-0.3, -0.25) is 4.99 Å². The Bertz CT molecular complexity index is 153. The third-order valence-electron chi connectivity index (χ3n) is 1.83. The monoisotopic (exact) mass is 149 g/mol. The second-order valence-electron chi connectivity index (χ2n) is 2.32. The van der Waals surface area contributed by atoms with Crippen molar-refractivity contribution in [2.75, 3.05) is 6.54 Å². The fourth-order valence-corrected chi connectivity index (χ4v) is 1.84. The van der Waals surface area contributed by atoms with Crippen molar-refractivity contribution >= 4 is 29.4 Å². The fraction of sp³-hybridized carbons (Fsp3) is 0.800. The average Bonchev–Trinajstić information content (AvgIpc) is 2.22. The van der Waals surface area contributed by atoms with Crippen LogP contribution in [0, 0.1) is 11.8 Å². The highest BCUT2D eigenvalue weighted by molar-refractivity contribution is 6.52. The fourth-order valence-electron chi connectivity index (χ4n) is 1.14. The molecule has 8 heavy (non-hydrogen) atoms. The summed E-state index contributed by atoms with van der Waals surface area (Å²) in [7, 11) is 0. The summed E-state index contributed by atoms with van der Waals surface area (Å²) < 4.78 is -0.443.